The van der Waals surface area contributed by atoms with E-state index in [9.17, 15) is 9.59 Å². The maximum atomic E-state index is 13.4. The van der Waals surface area contributed by atoms with E-state index in [-0.39, 0.29) is 17.9 Å². The molecule has 6 nitrogen and oxygen atoms in total. The highest BCUT2D eigenvalue weighted by molar-refractivity contribution is 6.31. The highest BCUT2D eigenvalue weighted by atomic mass is 35.5. The molecule has 0 saturated carbocycles. The van der Waals surface area contributed by atoms with Gasteiger partial charge in [-0.15, -0.1) is 0 Å². The van der Waals surface area contributed by atoms with E-state index in [1.54, 1.807) is 4.90 Å². The molecular formula is C25H32ClN3O3. The van der Waals surface area contributed by atoms with Gasteiger partial charge in [0.1, 0.15) is 5.60 Å². The van der Waals surface area contributed by atoms with Crippen molar-refractivity contribution in [1.82, 2.24) is 15.1 Å². The molecule has 172 valence electrons. The fraction of sp³-hybridized carbons (Fsp3) is 0.600. The van der Waals surface area contributed by atoms with Gasteiger partial charge in [0.2, 0.25) is 11.8 Å². The molecule has 4 unspecified atom stereocenters. The topological polar surface area (TPSA) is 61.9 Å². The predicted molar refractivity (Wildman–Crippen MR) is 123 cm³/mol. The first kappa shape index (κ1) is 21.9. The van der Waals surface area contributed by atoms with Crippen LogP contribution >= 0.6 is 11.6 Å². The summed E-state index contributed by atoms with van der Waals surface area (Å²) in [5, 5.41) is 3.76. The summed E-state index contributed by atoms with van der Waals surface area (Å²) in [6.45, 7) is 6.85. The Labute approximate surface area is 194 Å². The second kappa shape index (κ2) is 8.47. The van der Waals surface area contributed by atoms with E-state index in [1.165, 1.54) is 19.3 Å². The van der Waals surface area contributed by atoms with Gasteiger partial charge in [-0.3, -0.25) is 14.5 Å². The number of rotatable bonds is 6. The molecule has 3 saturated heterocycles. The van der Waals surface area contributed by atoms with E-state index in [2.05, 4.69) is 24.1 Å². The van der Waals surface area contributed by atoms with Gasteiger partial charge < -0.3 is 15.0 Å². The fourth-order valence-corrected chi connectivity index (χ4v) is 6.38. The SMILES string of the molecule is CC1CCCC(C)N1CCNC(=O)C1[C@@H]2C=CC3(CN(Cc4ccccc4Cl)C(=O)[C@H]13)O2. The van der Waals surface area contributed by atoms with E-state index < -0.39 is 17.4 Å². The van der Waals surface area contributed by atoms with Crippen molar-refractivity contribution in [2.24, 2.45) is 11.8 Å². The zero-order valence-corrected chi connectivity index (χ0v) is 19.6. The Bertz CT molecular complexity index is 927. The fourth-order valence-electron chi connectivity index (χ4n) is 6.19. The molecule has 3 fully saturated rings. The summed E-state index contributed by atoms with van der Waals surface area (Å²) in [6, 6.07) is 8.65. The summed E-state index contributed by atoms with van der Waals surface area (Å²) >= 11 is 6.32. The van der Waals surface area contributed by atoms with Crippen molar-refractivity contribution in [2.45, 2.75) is 63.4 Å². The zero-order chi connectivity index (χ0) is 22.5. The second-order valence-corrected chi connectivity index (χ2v) is 10.3. The number of ether oxygens (including phenoxy) is 1. The van der Waals surface area contributed by atoms with Crippen LogP contribution < -0.4 is 5.32 Å². The lowest BCUT2D eigenvalue weighted by Gasteiger charge is -2.39. The Kier molecular flexibility index (Phi) is 5.81. The van der Waals surface area contributed by atoms with Crippen molar-refractivity contribution in [3.63, 3.8) is 0 Å². The highest BCUT2D eigenvalue weighted by Gasteiger charge is 2.66. The molecular weight excluding hydrogens is 426 g/mol. The Morgan fingerprint density at radius 1 is 1.25 bits per heavy atom. The Hall–Kier alpha value is -1.89. The molecule has 7 heteroatoms. The standard InChI is InChI=1S/C25H32ClN3O3/c1-16-6-5-7-17(2)29(16)13-12-27-23(30)21-20-10-11-25(32-20)15-28(24(31)22(21)25)14-18-8-3-4-9-19(18)26/h3-4,8-11,16-17,20-22H,5-7,12-15H2,1-2H3,(H,27,30)/t16?,17?,20-,21?,22-,25?/m0/s1. The second-order valence-electron chi connectivity index (χ2n) is 9.84. The van der Waals surface area contributed by atoms with Gasteiger partial charge in [-0.2, -0.15) is 0 Å². The van der Waals surface area contributed by atoms with Gasteiger partial charge in [0.15, 0.2) is 0 Å². The quantitative estimate of drug-likeness (QED) is 0.667. The van der Waals surface area contributed by atoms with Crippen LogP contribution in [0.25, 0.3) is 0 Å². The Balaban J connectivity index is 1.25. The monoisotopic (exact) mass is 457 g/mol. The Morgan fingerprint density at radius 3 is 2.75 bits per heavy atom. The number of hydrogen-bond donors (Lipinski definition) is 1. The number of halogens is 1. The summed E-state index contributed by atoms with van der Waals surface area (Å²) < 4.78 is 6.24. The van der Waals surface area contributed by atoms with Crippen LogP contribution in [0, 0.1) is 11.8 Å². The molecule has 2 bridgehead atoms. The number of carbonyl (C=O) groups excluding carboxylic acids is 2. The van der Waals surface area contributed by atoms with Gasteiger partial charge in [-0.1, -0.05) is 48.4 Å². The molecule has 1 aromatic carbocycles. The molecule has 5 rings (SSSR count). The number of fused-ring (bicyclic) bond motifs is 1. The third kappa shape index (κ3) is 3.66. The molecule has 4 aliphatic heterocycles. The predicted octanol–water partition coefficient (Wildman–Crippen LogP) is 3.00. The maximum absolute atomic E-state index is 13.4. The molecule has 1 spiro atoms. The Morgan fingerprint density at radius 2 is 2.00 bits per heavy atom. The molecule has 0 radical (unpaired) electrons. The first-order valence-electron chi connectivity index (χ1n) is 11.8. The first-order chi connectivity index (χ1) is 15.4. The molecule has 1 N–H and O–H groups in total. The minimum Gasteiger partial charge on any atom is -0.360 e. The van der Waals surface area contributed by atoms with Crippen molar-refractivity contribution in [3.8, 4) is 0 Å². The molecule has 32 heavy (non-hydrogen) atoms. The van der Waals surface area contributed by atoms with Crippen LogP contribution in [0.15, 0.2) is 36.4 Å². The lowest BCUT2D eigenvalue weighted by molar-refractivity contribution is -0.137. The summed E-state index contributed by atoms with van der Waals surface area (Å²) in [5.74, 6) is -1.03. The van der Waals surface area contributed by atoms with Crippen molar-refractivity contribution in [3.05, 3.63) is 47.0 Å². The van der Waals surface area contributed by atoms with Crippen molar-refractivity contribution in [2.75, 3.05) is 19.6 Å². The van der Waals surface area contributed by atoms with Crippen LogP contribution in [0.1, 0.15) is 38.7 Å². The lowest BCUT2D eigenvalue weighted by Crippen LogP contribution is -2.49. The number of benzene rings is 1. The smallest absolute Gasteiger partial charge is 0.230 e. The van der Waals surface area contributed by atoms with Crippen LogP contribution in [-0.4, -0.2) is 65.0 Å². The average molecular weight is 458 g/mol. The van der Waals surface area contributed by atoms with Gasteiger partial charge in [0.25, 0.3) is 0 Å². The summed E-state index contributed by atoms with van der Waals surface area (Å²) in [6.07, 6.45) is 7.33. The molecule has 4 aliphatic rings. The number of hydrogen-bond acceptors (Lipinski definition) is 4. The van der Waals surface area contributed by atoms with Crippen LogP contribution in [0.5, 0.6) is 0 Å². The third-order valence-electron chi connectivity index (χ3n) is 7.85. The molecule has 4 heterocycles. The highest BCUT2D eigenvalue weighted by Crippen LogP contribution is 2.52. The minimum absolute atomic E-state index is 0.0183. The number of carbonyl (C=O) groups is 2. The van der Waals surface area contributed by atoms with E-state index in [0.29, 0.717) is 36.7 Å². The molecule has 6 atom stereocenters. The number of nitrogens with one attached hydrogen (secondary N) is 1. The van der Waals surface area contributed by atoms with Crippen molar-refractivity contribution >= 4 is 23.4 Å². The van der Waals surface area contributed by atoms with Gasteiger partial charge in [0, 0.05) is 36.7 Å². The van der Waals surface area contributed by atoms with E-state index >= 15 is 0 Å². The van der Waals surface area contributed by atoms with E-state index in [1.807, 2.05) is 36.4 Å². The number of amides is 2. The number of piperidine rings is 1. The van der Waals surface area contributed by atoms with E-state index in [4.69, 9.17) is 16.3 Å². The summed E-state index contributed by atoms with van der Waals surface area (Å²) in [4.78, 5) is 30.9. The first-order valence-corrected chi connectivity index (χ1v) is 12.2. The molecule has 0 aliphatic carbocycles. The normalized spacial score (nSPS) is 36.0. The average Bonchev–Trinajstić information content (AvgIpc) is 3.40. The maximum Gasteiger partial charge on any atom is 0.230 e. The largest absolute Gasteiger partial charge is 0.360 e. The van der Waals surface area contributed by atoms with Crippen molar-refractivity contribution in [1.29, 1.82) is 0 Å². The van der Waals surface area contributed by atoms with Crippen LogP contribution in [0.2, 0.25) is 5.02 Å². The van der Waals surface area contributed by atoms with Gasteiger partial charge in [-0.25, -0.2) is 0 Å². The van der Waals surface area contributed by atoms with Crippen molar-refractivity contribution < 1.29 is 14.3 Å². The van der Waals surface area contributed by atoms with Gasteiger partial charge >= 0.3 is 0 Å². The lowest BCUT2D eigenvalue weighted by atomic mass is 9.77. The summed E-state index contributed by atoms with van der Waals surface area (Å²) in [7, 11) is 0. The molecule has 0 aromatic heterocycles. The summed E-state index contributed by atoms with van der Waals surface area (Å²) in [5.41, 5.74) is 0.212. The number of likely N-dealkylation sites (tertiary alicyclic amines) is 2. The van der Waals surface area contributed by atoms with Gasteiger partial charge in [-0.05, 0) is 38.3 Å². The number of nitrogens with zero attached hydrogens (tertiary/aromatic N) is 2. The molecule has 1 aromatic rings. The zero-order valence-electron chi connectivity index (χ0n) is 18.8. The van der Waals surface area contributed by atoms with Crippen LogP contribution in [-0.2, 0) is 20.9 Å². The van der Waals surface area contributed by atoms with Crippen LogP contribution in [0.4, 0.5) is 0 Å². The molecule has 2 amide bonds. The third-order valence-corrected chi connectivity index (χ3v) is 8.21. The minimum atomic E-state index is -0.694. The van der Waals surface area contributed by atoms with Crippen LogP contribution in [0.3, 0.4) is 0 Å². The van der Waals surface area contributed by atoms with Gasteiger partial charge in [0.05, 0.1) is 24.5 Å². The van der Waals surface area contributed by atoms with E-state index in [0.717, 1.165) is 12.1 Å².